The third-order valence-electron chi connectivity index (χ3n) is 2.74. The van der Waals surface area contributed by atoms with Gasteiger partial charge in [0.1, 0.15) is 0 Å². The van der Waals surface area contributed by atoms with Crippen LogP contribution in [0.5, 0.6) is 0 Å². The summed E-state index contributed by atoms with van der Waals surface area (Å²) in [6.45, 7) is 4.67. The van der Waals surface area contributed by atoms with E-state index >= 15 is 0 Å². The average Bonchev–Trinajstić information content (AvgIpc) is 2.27. The van der Waals surface area contributed by atoms with E-state index < -0.39 is 6.04 Å². The number of carbonyl (C=O) groups excluding carboxylic acids is 1. The van der Waals surface area contributed by atoms with E-state index in [1.165, 1.54) is 0 Å². The summed E-state index contributed by atoms with van der Waals surface area (Å²) in [6.07, 6.45) is 4.69. The van der Waals surface area contributed by atoms with Gasteiger partial charge < -0.3 is 10.5 Å². The first-order valence-corrected chi connectivity index (χ1v) is 5.29. The van der Waals surface area contributed by atoms with Crippen LogP contribution >= 0.6 is 0 Å². The summed E-state index contributed by atoms with van der Waals surface area (Å²) in [6, 6.07) is -0.413. The molecule has 0 aromatic rings. The molecule has 0 aromatic carbocycles. The Morgan fingerprint density at radius 1 is 1.71 bits per heavy atom. The Balaban J connectivity index is 2.59. The second-order valence-electron chi connectivity index (χ2n) is 3.83. The molecule has 0 spiro atoms. The maximum absolute atomic E-state index is 11.8. The predicted octanol–water partition coefficient (Wildman–Crippen LogP) is 1.62. The number of ketones is 1. The number of hydrogen-bond donors (Lipinski definition) is 1. The Labute approximate surface area is 85.3 Å². The molecule has 80 valence electrons. The van der Waals surface area contributed by atoms with Gasteiger partial charge in [-0.15, -0.1) is 0 Å². The van der Waals surface area contributed by atoms with Gasteiger partial charge in [0.05, 0.1) is 12.6 Å². The quantitative estimate of drug-likeness (QED) is 0.745. The van der Waals surface area contributed by atoms with E-state index in [0.717, 1.165) is 19.3 Å². The average molecular weight is 197 g/mol. The summed E-state index contributed by atoms with van der Waals surface area (Å²) in [4.78, 5) is 11.8. The molecule has 2 N–H and O–H groups in total. The summed E-state index contributed by atoms with van der Waals surface area (Å²) >= 11 is 0. The molecule has 2 unspecified atom stereocenters. The second-order valence-corrected chi connectivity index (χ2v) is 3.83. The van der Waals surface area contributed by atoms with Crippen LogP contribution in [-0.4, -0.2) is 18.4 Å². The van der Waals surface area contributed by atoms with E-state index in [1.54, 1.807) is 0 Å². The molecule has 0 fully saturated rings. The van der Waals surface area contributed by atoms with Crippen LogP contribution in [0.25, 0.3) is 0 Å². The zero-order valence-corrected chi connectivity index (χ0v) is 8.95. The van der Waals surface area contributed by atoms with E-state index in [4.69, 9.17) is 10.5 Å². The van der Waals surface area contributed by atoms with Gasteiger partial charge in [-0.05, 0) is 24.8 Å². The smallest absolute Gasteiger partial charge is 0.213 e. The molecule has 0 bridgehead atoms. The number of carbonyl (C=O) groups is 1. The fourth-order valence-corrected chi connectivity index (χ4v) is 1.41. The van der Waals surface area contributed by atoms with E-state index in [9.17, 15) is 4.79 Å². The maximum atomic E-state index is 11.8. The largest absolute Gasteiger partial charge is 0.490 e. The van der Waals surface area contributed by atoms with Crippen molar-refractivity contribution < 1.29 is 9.53 Å². The third kappa shape index (κ3) is 2.58. The highest BCUT2D eigenvalue weighted by atomic mass is 16.5. The lowest BCUT2D eigenvalue weighted by Gasteiger charge is -2.20. The van der Waals surface area contributed by atoms with Gasteiger partial charge in [-0.2, -0.15) is 0 Å². The molecule has 1 heterocycles. The number of nitrogens with two attached hydrogens (primary N) is 1. The molecule has 0 aromatic heterocycles. The van der Waals surface area contributed by atoms with E-state index in [0.29, 0.717) is 12.4 Å². The molecule has 0 aliphatic carbocycles. The molecule has 0 saturated heterocycles. The van der Waals surface area contributed by atoms with Crippen LogP contribution in [0.15, 0.2) is 11.8 Å². The standard InChI is InChI=1S/C11H19NO2/c1-3-8(2)10(12)11(13)9-6-4-5-7-14-9/h6,8,10H,3-5,7,12H2,1-2H3. The monoisotopic (exact) mass is 197 g/mol. The molecular weight excluding hydrogens is 178 g/mol. The molecule has 3 nitrogen and oxygen atoms in total. The van der Waals surface area contributed by atoms with Gasteiger partial charge >= 0.3 is 0 Å². The third-order valence-corrected chi connectivity index (χ3v) is 2.74. The molecule has 1 rings (SSSR count). The van der Waals surface area contributed by atoms with Crippen LogP contribution in [0.4, 0.5) is 0 Å². The Hall–Kier alpha value is -0.830. The van der Waals surface area contributed by atoms with Gasteiger partial charge in [0.2, 0.25) is 5.78 Å². The summed E-state index contributed by atoms with van der Waals surface area (Å²) in [5.41, 5.74) is 5.83. The van der Waals surface area contributed by atoms with Crippen LogP contribution in [0, 0.1) is 5.92 Å². The first-order chi connectivity index (χ1) is 6.66. The van der Waals surface area contributed by atoms with Crippen molar-refractivity contribution in [2.75, 3.05) is 6.61 Å². The van der Waals surface area contributed by atoms with Crippen molar-refractivity contribution in [3.05, 3.63) is 11.8 Å². The highest BCUT2D eigenvalue weighted by Gasteiger charge is 2.24. The fraction of sp³-hybridized carbons (Fsp3) is 0.727. The minimum Gasteiger partial charge on any atom is -0.490 e. The molecule has 3 heteroatoms. The van der Waals surface area contributed by atoms with Crippen molar-refractivity contribution in [1.82, 2.24) is 0 Å². The lowest BCUT2D eigenvalue weighted by Crippen LogP contribution is -2.38. The van der Waals surface area contributed by atoms with Crippen molar-refractivity contribution >= 4 is 5.78 Å². The van der Waals surface area contributed by atoms with E-state index in [2.05, 4.69) is 0 Å². The highest BCUT2D eigenvalue weighted by Crippen LogP contribution is 2.16. The van der Waals surface area contributed by atoms with Gasteiger partial charge in [0.25, 0.3) is 0 Å². The fourth-order valence-electron chi connectivity index (χ4n) is 1.41. The predicted molar refractivity (Wildman–Crippen MR) is 55.7 cm³/mol. The molecule has 14 heavy (non-hydrogen) atoms. The molecular formula is C11H19NO2. The van der Waals surface area contributed by atoms with Gasteiger partial charge in [-0.3, -0.25) is 4.79 Å². The van der Waals surface area contributed by atoms with Gasteiger partial charge in [0.15, 0.2) is 5.76 Å². The summed E-state index contributed by atoms with van der Waals surface area (Å²) in [5.74, 6) is 0.650. The molecule has 0 saturated carbocycles. The number of ether oxygens (including phenoxy) is 1. The van der Waals surface area contributed by atoms with Crippen LogP contribution in [-0.2, 0) is 9.53 Å². The van der Waals surface area contributed by atoms with Gasteiger partial charge in [-0.1, -0.05) is 20.3 Å². The van der Waals surface area contributed by atoms with E-state index in [1.807, 2.05) is 19.9 Å². The minimum absolute atomic E-state index is 0.0425. The number of hydrogen-bond acceptors (Lipinski definition) is 3. The maximum Gasteiger partial charge on any atom is 0.213 e. The highest BCUT2D eigenvalue weighted by molar-refractivity contribution is 5.97. The van der Waals surface area contributed by atoms with Crippen molar-refractivity contribution in [2.45, 2.75) is 39.2 Å². The first kappa shape index (κ1) is 11.2. The molecule has 2 atom stereocenters. The van der Waals surface area contributed by atoms with E-state index in [-0.39, 0.29) is 11.7 Å². The minimum atomic E-state index is -0.413. The Morgan fingerprint density at radius 3 is 2.93 bits per heavy atom. The zero-order chi connectivity index (χ0) is 10.6. The molecule has 1 aliphatic heterocycles. The Bertz CT molecular complexity index is 235. The van der Waals surface area contributed by atoms with Crippen LogP contribution in [0.2, 0.25) is 0 Å². The summed E-state index contributed by atoms with van der Waals surface area (Å²) in [7, 11) is 0. The van der Waals surface area contributed by atoms with Gasteiger partial charge in [-0.25, -0.2) is 0 Å². The normalized spacial score (nSPS) is 20.6. The number of Topliss-reactive ketones (excluding diaryl/α,β-unsaturated/α-hetero) is 1. The Morgan fingerprint density at radius 2 is 2.43 bits per heavy atom. The van der Waals surface area contributed by atoms with Crippen molar-refractivity contribution in [3.63, 3.8) is 0 Å². The molecule has 0 radical (unpaired) electrons. The van der Waals surface area contributed by atoms with Crippen molar-refractivity contribution in [2.24, 2.45) is 11.7 Å². The first-order valence-electron chi connectivity index (χ1n) is 5.29. The Kier molecular flexibility index (Phi) is 4.14. The van der Waals surface area contributed by atoms with Crippen molar-refractivity contribution in [1.29, 1.82) is 0 Å². The van der Waals surface area contributed by atoms with Crippen LogP contribution in [0.1, 0.15) is 33.1 Å². The SMILES string of the molecule is CCC(C)C(N)C(=O)C1=CCCCO1. The van der Waals surface area contributed by atoms with Crippen molar-refractivity contribution in [3.8, 4) is 0 Å². The number of rotatable bonds is 4. The summed E-state index contributed by atoms with van der Waals surface area (Å²) < 4.78 is 5.29. The number of allylic oxidation sites excluding steroid dienone is 1. The van der Waals surface area contributed by atoms with Crippen LogP contribution in [0.3, 0.4) is 0 Å². The molecule has 0 amide bonds. The van der Waals surface area contributed by atoms with Crippen LogP contribution < -0.4 is 5.73 Å². The second kappa shape index (κ2) is 5.15. The molecule has 1 aliphatic rings. The lowest BCUT2D eigenvalue weighted by molar-refractivity contribution is -0.121. The topological polar surface area (TPSA) is 52.3 Å². The zero-order valence-electron chi connectivity index (χ0n) is 8.95. The lowest BCUT2D eigenvalue weighted by atomic mass is 9.95. The summed E-state index contributed by atoms with van der Waals surface area (Å²) in [5, 5.41) is 0. The van der Waals surface area contributed by atoms with Gasteiger partial charge in [0, 0.05) is 0 Å².